The Kier molecular flexibility index (Phi) is 14.0. The first-order valence-corrected chi connectivity index (χ1v) is 22.4. The molecule has 2 aliphatic rings. The maximum absolute atomic E-state index is 13.0. The van der Waals surface area contributed by atoms with Crippen molar-refractivity contribution in [2.45, 2.75) is 26.2 Å². The molecule has 0 radical (unpaired) electrons. The molecular weight excluding hydrogens is 997 g/mol. The van der Waals surface area contributed by atoms with Gasteiger partial charge in [-0.05, 0) is 82.9 Å². The van der Waals surface area contributed by atoms with Crippen LogP contribution < -0.4 is 52.8 Å². The molecule has 384 valence electrons. The van der Waals surface area contributed by atoms with Crippen LogP contribution in [0.3, 0.4) is 0 Å². The first-order valence-electron chi connectivity index (χ1n) is 22.4. The summed E-state index contributed by atoms with van der Waals surface area (Å²) in [4.78, 5) is 129. The van der Waals surface area contributed by atoms with Crippen LogP contribution in [0.25, 0.3) is 11.6 Å². The van der Waals surface area contributed by atoms with Gasteiger partial charge in [-0.2, -0.15) is 0 Å². The molecule has 0 saturated carbocycles. The molecule has 76 heavy (non-hydrogen) atoms. The largest absolute Gasteiger partial charge is 0.482 e. The molecule has 4 aromatic carbocycles. The van der Waals surface area contributed by atoms with Gasteiger partial charge in [0.05, 0.1) is 22.5 Å². The zero-order chi connectivity index (χ0) is 53.6. The fraction of sp³-hybridized carbons (Fsp3) is 0.125. The molecule has 4 aromatic heterocycles. The van der Waals surface area contributed by atoms with Crippen LogP contribution in [0, 0.1) is 0 Å². The van der Waals surface area contributed by atoms with E-state index in [1.807, 2.05) is 0 Å². The van der Waals surface area contributed by atoms with E-state index in [-0.39, 0.29) is 96.7 Å². The van der Waals surface area contributed by atoms with E-state index < -0.39 is 46.9 Å². The molecule has 10 N–H and O–H groups in total. The van der Waals surface area contributed by atoms with Gasteiger partial charge < -0.3 is 51.6 Å². The zero-order valence-electron chi connectivity index (χ0n) is 39.0. The predicted molar refractivity (Wildman–Crippen MR) is 260 cm³/mol. The standard InChI is InChI=1S/2C24H19N7O7/c32-19-11-38-18-6-3-13(7-15(18)27-19)10-25-20(33)16-8-17(31-23(28-16)29-30-24(31)37)21(34)26-9-12-1-4-14(5-2-12)22(35)36;32-19-11-38-18-6-3-13(7-15(18)27-19)10-26-21(34)17-8-16(28-23-29-30-24(37)31(17)23)20(33)25-9-12-1-4-14(5-2-12)22(35)36/h2*1-8H,9-11H2,(H,25,33)(H,26,34)(H,27,32)(H,30,37)(H,35,36). The lowest BCUT2D eigenvalue weighted by Gasteiger charge is -2.18. The first-order chi connectivity index (χ1) is 36.6. The molecule has 0 fully saturated rings. The van der Waals surface area contributed by atoms with Crippen molar-refractivity contribution < 1.29 is 58.0 Å². The van der Waals surface area contributed by atoms with Crippen LogP contribution in [-0.4, -0.2) is 110 Å². The summed E-state index contributed by atoms with van der Waals surface area (Å²) in [7, 11) is 0. The summed E-state index contributed by atoms with van der Waals surface area (Å²) in [6.45, 7) is 0.0879. The number of amides is 6. The highest BCUT2D eigenvalue weighted by Gasteiger charge is 2.23. The number of anilines is 2. The number of benzene rings is 4. The number of carboxylic acid groups (broad SMARTS) is 2. The van der Waals surface area contributed by atoms with Gasteiger partial charge >= 0.3 is 23.3 Å². The number of aromatic nitrogens is 8. The van der Waals surface area contributed by atoms with Gasteiger partial charge in [0, 0.05) is 26.2 Å². The Bertz CT molecular complexity index is 3810. The molecule has 28 nitrogen and oxygen atoms in total. The number of carboxylic acids is 2. The number of carbonyl (C=O) groups is 8. The number of carbonyl (C=O) groups excluding carboxylic acids is 6. The van der Waals surface area contributed by atoms with Crippen LogP contribution >= 0.6 is 0 Å². The molecular formula is C48H38N14O14. The van der Waals surface area contributed by atoms with E-state index in [1.165, 1.54) is 36.4 Å². The predicted octanol–water partition coefficient (Wildman–Crippen LogP) is 0.613. The second-order valence-electron chi connectivity index (χ2n) is 16.5. The SMILES string of the molecule is O=C1COc2ccc(CNC(=O)c3cc(C(=O)NCc4ccc(C(=O)O)cc4)n4c(=O)[nH]nc4n3)cc2N1.O=C1COc2ccc(CNC(=O)c3cc(C(=O)NCc4ccc(C(=O)O)cc4)nc4n[nH]c(=O)n34)cc2N1. The van der Waals surface area contributed by atoms with Crippen LogP contribution in [0.1, 0.15) is 84.9 Å². The second-order valence-corrected chi connectivity index (χ2v) is 16.5. The smallest absolute Gasteiger partial charge is 0.349 e. The molecule has 28 heteroatoms. The van der Waals surface area contributed by atoms with Crippen molar-refractivity contribution in [1.29, 1.82) is 0 Å². The number of aromatic carboxylic acids is 2. The monoisotopic (exact) mass is 1030 g/mol. The molecule has 6 heterocycles. The fourth-order valence-electron chi connectivity index (χ4n) is 7.50. The van der Waals surface area contributed by atoms with Crippen molar-refractivity contribution in [1.82, 2.24) is 60.4 Å². The van der Waals surface area contributed by atoms with Crippen LogP contribution in [0.4, 0.5) is 11.4 Å². The summed E-state index contributed by atoms with van der Waals surface area (Å²) in [5.74, 6) is -4.64. The lowest BCUT2D eigenvalue weighted by atomic mass is 10.1. The van der Waals surface area contributed by atoms with Gasteiger partial charge in [0.1, 0.15) is 34.3 Å². The summed E-state index contributed by atoms with van der Waals surface area (Å²) in [5, 5.41) is 46.0. The molecule has 8 aromatic rings. The molecule has 2 aliphatic heterocycles. The molecule has 6 amide bonds. The van der Waals surface area contributed by atoms with Crippen molar-refractivity contribution >= 4 is 70.3 Å². The number of aromatic amines is 2. The molecule has 0 aliphatic carbocycles. The number of ether oxygens (including phenoxy) is 2. The normalized spacial score (nSPS) is 12.3. The highest BCUT2D eigenvalue weighted by atomic mass is 16.5. The van der Waals surface area contributed by atoms with Crippen LogP contribution in [0.2, 0.25) is 0 Å². The van der Waals surface area contributed by atoms with Crippen molar-refractivity contribution in [3.05, 3.63) is 174 Å². The lowest BCUT2D eigenvalue weighted by molar-refractivity contribution is -0.119. The Labute approximate surface area is 423 Å². The average molecular weight is 1030 g/mol. The van der Waals surface area contributed by atoms with E-state index in [4.69, 9.17) is 19.7 Å². The molecule has 0 atom stereocenters. The number of rotatable bonds is 14. The minimum atomic E-state index is -1.07. The van der Waals surface area contributed by atoms with Gasteiger partial charge in [-0.15, -0.1) is 10.2 Å². The Morgan fingerprint density at radius 3 is 1.22 bits per heavy atom. The third kappa shape index (κ3) is 11.2. The maximum Gasteiger partial charge on any atom is 0.349 e. The second kappa shape index (κ2) is 21.3. The van der Waals surface area contributed by atoms with Crippen molar-refractivity contribution in [3.63, 3.8) is 0 Å². The summed E-state index contributed by atoms with van der Waals surface area (Å²) in [6.07, 6.45) is 0. The Morgan fingerprint density at radius 2 is 0.842 bits per heavy atom. The summed E-state index contributed by atoms with van der Waals surface area (Å²) >= 11 is 0. The number of nitrogens with zero attached hydrogens (tertiary/aromatic N) is 6. The fourth-order valence-corrected chi connectivity index (χ4v) is 7.50. The Hall–Kier alpha value is -11.1. The number of nitrogens with one attached hydrogen (secondary N) is 8. The van der Waals surface area contributed by atoms with Crippen molar-refractivity contribution in [2.24, 2.45) is 0 Å². The van der Waals surface area contributed by atoms with E-state index >= 15 is 0 Å². The van der Waals surface area contributed by atoms with E-state index in [9.17, 15) is 47.9 Å². The first kappa shape index (κ1) is 49.9. The van der Waals surface area contributed by atoms with Gasteiger partial charge in [0.15, 0.2) is 13.2 Å². The highest BCUT2D eigenvalue weighted by molar-refractivity contribution is 6.00. The van der Waals surface area contributed by atoms with Gasteiger partial charge in [0.2, 0.25) is 0 Å². The van der Waals surface area contributed by atoms with E-state index in [2.05, 4.69) is 62.3 Å². The summed E-state index contributed by atoms with van der Waals surface area (Å²) in [6, 6.07) is 24.3. The quantitative estimate of drug-likeness (QED) is 0.0713. The lowest BCUT2D eigenvalue weighted by Crippen LogP contribution is -2.30. The van der Waals surface area contributed by atoms with Crippen LogP contribution in [0.15, 0.2) is 107 Å². The number of H-pyrrole nitrogens is 2. The van der Waals surface area contributed by atoms with E-state index in [1.54, 1.807) is 60.7 Å². The minimum absolute atomic E-state index is 0.0370. The third-order valence-electron chi connectivity index (χ3n) is 11.3. The number of hydrogen-bond donors (Lipinski definition) is 10. The topological polar surface area (TPSA) is 394 Å². The molecule has 10 rings (SSSR count). The van der Waals surface area contributed by atoms with Gasteiger partial charge in [-0.1, -0.05) is 36.4 Å². The molecule has 0 unspecified atom stereocenters. The average Bonchev–Trinajstić information content (AvgIpc) is 4.02. The van der Waals surface area contributed by atoms with Crippen LogP contribution in [-0.2, 0) is 35.8 Å². The van der Waals surface area contributed by atoms with Crippen LogP contribution in [0.5, 0.6) is 11.5 Å². The van der Waals surface area contributed by atoms with Gasteiger partial charge in [-0.25, -0.2) is 48.1 Å². The summed E-state index contributed by atoms with van der Waals surface area (Å²) < 4.78 is 12.5. The van der Waals surface area contributed by atoms with Gasteiger partial charge in [0.25, 0.3) is 47.0 Å². The Morgan fingerprint density at radius 1 is 0.487 bits per heavy atom. The minimum Gasteiger partial charge on any atom is -0.482 e. The van der Waals surface area contributed by atoms with Crippen molar-refractivity contribution in [2.75, 3.05) is 23.8 Å². The highest BCUT2D eigenvalue weighted by Crippen LogP contribution is 2.29. The van der Waals surface area contributed by atoms with Crippen molar-refractivity contribution in [3.8, 4) is 11.5 Å². The number of fused-ring (bicyclic) bond motifs is 4. The van der Waals surface area contributed by atoms with E-state index in [0.29, 0.717) is 45.1 Å². The molecule has 0 bridgehead atoms. The van der Waals surface area contributed by atoms with E-state index in [0.717, 1.165) is 8.80 Å². The van der Waals surface area contributed by atoms with Gasteiger partial charge in [-0.3, -0.25) is 28.8 Å². The zero-order valence-corrected chi connectivity index (χ0v) is 39.0. The summed E-state index contributed by atoms with van der Waals surface area (Å²) in [5.41, 5.74) is 1.69. The number of hydrogen-bond acceptors (Lipinski definition) is 16. The third-order valence-corrected chi connectivity index (χ3v) is 11.3. The molecule has 0 saturated heterocycles. The molecule has 0 spiro atoms. The Balaban J connectivity index is 0.000000186. The maximum atomic E-state index is 13.0.